The number of nitrogens with one attached hydrogen (secondary N) is 1. The number of rotatable bonds is 6. The number of pyridine rings is 2. The van der Waals surface area contributed by atoms with Crippen molar-refractivity contribution in [2.24, 2.45) is 0 Å². The van der Waals surface area contributed by atoms with Crippen LogP contribution in [-0.2, 0) is 13.0 Å². The number of carbonyl (C=O) groups excluding carboxylic acids is 1. The standard InChI is InChI=1S/C22H19N7O2/c1-2-6-18-25-22(31-28-18)15-8-5-12-29-19(26-27-20(15)29)13-23-21(30)17-11-10-14-7-3-4-9-16(14)24-17/h3-5,7-12H,2,6,13H2,1H3,(H,23,30). The van der Waals surface area contributed by atoms with Gasteiger partial charge in [0.1, 0.15) is 5.69 Å². The Bertz CT molecular complexity index is 1390. The van der Waals surface area contributed by atoms with Crippen molar-refractivity contribution in [1.29, 1.82) is 0 Å². The van der Waals surface area contributed by atoms with E-state index in [9.17, 15) is 4.79 Å². The smallest absolute Gasteiger partial charge is 0.270 e. The maximum Gasteiger partial charge on any atom is 0.270 e. The fourth-order valence-electron chi connectivity index (χ4n) is 3.38. The van der Waals surface area contributed by atoms with E-state index in [0.717, 1.165) is 23.7 Å². The SMILES string of the molecule is CCCc1noc(-c2cccn3c(CNC(=O)c4ccc5ccccc5n4)nnc23)n1. The molecule has 31 heavy (non-hydrogen) atoms. The van der Waals surface area contributed by atoms with Crippen LogP contribution in [0.25, 0.3) is 28.0 Å². The van der Waals surface area contributed by atoms with Crippen LogP contribution in [0.15, 0.2) is 59.3 Å². The molecule has 0 saturated carbocycles. The number of carbonyl (C=O) groups is 1. The third-order valence-electron chi connectivity index (χ3n) is 4.92. The van der Waals surface area contributed by atoms with Crippen LogP contribution in [0.4, 0.5) is 0 Å². The molecule has 1 amide bonds. The van der Waals surface area contributed by atoms with Gasteiger partial charge in [-0.3, -0.25) is 9.20 Å². The topological polar surface area (TPSA) is 111 Å². The highest BCUT2D eigenvalue weighted by Gasteiger charge is 2.17. The number of benzene rings is 1. The van der Waals surface area contributed by atoms with Crippen molar-refractivity contribution in [3.05, 3.63) is 72.1 Å². The van der Waals surface area contributed by atoms with Crippen molar-refractivity contribution in [2.45, 2.75) is 26.3 Å². The van der Waals surface area contributed by atoms with Crippen LogP contribution in [0.2, 0.25) is 0 Å². The normalized spacial score (nSPS) is 11.3. The van der Waals surface area contributed by atoms with Gasteiger partial charge in [-0.05, 0) is 30.7 Å². The summed E-state index contributed by atoms with van der Waals surface area (Å²) in [7, 11) is 0. The second-order valence-electron chi connectivity index (χ2n) is 7.07. The number of hydrogen-bond acceptors (Lipinski definition) is 7. The van der Waals surface area contributed by atoms with E-state index < -0.39 is 0 Å². The number of aryl methyl sites for hydroxylation is 1. The molecule has 4 aromatic heterocycles. The highest BCUT2D eigenvalue weighted by Crippen LogP contribution is 2.22. The molecule has 0 bridgehead atoms. The fraction of sp³-hybridized carbons (Fsp3) is 0.182. The number of aromatic nitrogens is 6. The first-order chi connectivity index (χ1) is 15.2. The Morgan fingerprint density at radius 1 is 1.06 bits per heavy atom. The molecule has 5 rings (SSSR count). The van der Waals surface area contributed by atoms with Gasteiger partial charge in [-0.15, -0.1) is 10.2 Å². The molecule has 1 N–H and O–H groups in total. The minimum Gasteiger partial charge on any atom is -0.343 e. The summed E-state index contributed by atoms with van der Waals surface area (Å²) >= 11 is 0. The maximum atomic E-state index is 12.6. The van der Waals surface area contributed by atoms with E-state index >= 15 is 0 Å². The molecule has 0 aliphatic rings. The fourth-order valence-corrected chi connectivity index (χ4v) is 3.38. The van der Waals surface area contributed by atoms with E-state index in [0.29, 0.717) is 34.4 Å². The Labute approximate surface area is 177 Å². The number of para-hydroxylation sites is 1. The largest absolute Gasteiger partial charge is 0.343 e. The third kappa shape index (κ3) is 3.61. The Hall–Kier alpha value is -4.14. The van der Waals surface area contributed by atoms with E-state index in [4.69, 9.17) is 4.52 Å². The summed E-state index contributed by atoms with van der Waals surface area (Å²) in [6.07, 6.45) is 3.52. The average molecular weight is 413 g/mol. The van der Waals surface area contributed by atoms with Gasteiger partial charge in [-0.2, -0.15) is 4.98 Å². The van der Waals surface area contributed by atoms with Crippen molar-refractivity contribution >= 4 is 22.5 Å². The zero-order chi connectivity index (χ0) is 21.2. The summed E-state index contributed by atoms with van der Waals surface area (Å²) in [6, 6.07) is 15.0. The quantitative estimate of drug-likeness (QED) is 0.455. The maximum absolute atomic E-state index is 12.6. The monoisotopic (exact) mass is 413 g/mol. The summed E-state index contributed by atoms with van der Waals surface area (Å²) in [6.45, 7) is 2.26. The average Bonchev–Trinajstić information content (AvgIpc) is 3.44. The van der Waals surface area contributed by atoms with Crippen LogP contribution in [0.5, 0.6) is 0 Å². The highest BCUT2D eigenvalue weighted by molar-refractivity contribution is 5.94. The molecule has 5 aromatic rings. The molecule has 0 fully saturated rings. The summed E-state index contributed by atoms with van der Waals surface area (Å²) < 4.78 is 7.19. The van der Waals surface area contributed by atoms with E-state index in [2.05, 4.69) is 37.6 Å². The van der Waals surface area contributed by atoms with Crippen molar-refractivity contribution in [2.75, 3.05) is 0 Å². The van der Waals surface area contributed by atoms with Crippen LogP contribution < -0.4 is 5.32 Å². The van der Waals surface area contributed by atoms with Gasteiger partial charge >= 0.3 is 0 Å². The first kappa shape index (κ1) is 18.9. The van der Waals surface area contributed by atoms with Gasteiger partial charge in [-0.1, -0.05) is 36.3 Å². The van der Waals surface area contributed by atoms with E-state index in [1.165, 1.54) is 0 Å². The highest BCUT2D eigenvalue weighted by atomic mass is 16.5. The van der Waals surface area contributed by atoms with Gasteiger partial charge < -0.3 is 9.84 Å². The third-order valence-corrected chi connectivity index (χ3v) is 4.92. The Kier molecular flexibility index (Phi) is 4.83. The van der Waals surface area contributed by atoms with Gasteiger partial charge in [0.15, 0.2) is 17.3 Å². The van der Waals surface area contributed by atoms with Crippen LogP contribution in [-0.4, -0.2) is 35.6 Å². The van der Waals surface area contributed by atoms with Crippen molar-refractivity contribution < 1.29 is 9.32 Å². The van der Waals surface area contributed by atoms with Gasteiger partial charge in [0.05, 0.1) is 17.6 Å². The molecular weight excluding hydrogens is 394 g/mol. The molecule has 0 radical (unpaired) electrons. The summed E-state index contributed by atoms with van der Waals surface area (Å²) in [4.78, 5) is 21.5. The summed E-state index contributed by atoms with van der Waals surface area (Å²) in [5.74, 6) is 1.37. The van der Waals surface area contributed by atoms with Crippen LogP contribution >= 0.6 is 0 Å². The lowest BCUT2D eigenvalue weighted by Crippen LogP contribution is -2.24. The lowest BCUT2D eigenvalue weighted by molar-refractivity contribution is 0.0945. The summed E-state index contributed by atoms with van der Waals surface area (Å²) in [5, 5.41) is 16.3. The van der Waals surface area contributed by atoms with Crippen LogP contribution in [0.3, 0.4) is 0 Å². The second-order valence-corrected chi connectivity index (χ2v) is 7.07. The number of amides is 1. The Morgan fingerprint density at radius 3 is 2.87 bits per heavy atom. The lowest BCUT2D eigenvalue weighted by Gasteiger charge is -2.05. The molecule has 154 valence electrons. The first-order valence-electron chi connectivity index (χ1n) is 10.0. The molecule has 9 nitrogen and oxygen atoms in total. The molecule has 0 spiro atoms. The minimum atomic E-state index is -0.278. The van der Waals surface area contributed by atoms with Gasteiger partial charge in [0.25, 0.3) is 11.8 Å². The van der Waals surface area contributed by atoms with Crippen molar-refractivity contribution in [3.8, 4) is 11.5 Å². The molecule has 0 unspecified atom stereocenters. The van der Waals surface area contributed by atoms with Crippen molar-refractivity contribution in [3.63, 3.8) is 0 Å². The molecule has 1 aromatic carbocycles. The van der Waals surface area contributed by atoms with Crippen LogP contribution in [0.1, 0.15) is 35.5 Å². The molecule has 0 aliphatic heterocycles. The first-order valence-corrected chi connectivity index (χ1v) is 10.0. The zero-order valence-corrected chi connectivity index (χ0v) is 16.8. The Balaban J connectivity index is 1.37. The Morgan fingerprint density at radius 2 is 1.97 bits per heavy atom. The van der Waals surface area contributed by atoms with Gasteiger partial charge in [-0.25, -0.2) is 4.98 Å². The second kappa shape index (κ2) is 7.94. The van der Waals surface area contributed by atoms with Crippen LogP contribution in [0, 0.1) is 0 Å². The van der Waals surface area contributed by atoms with E-state index in [1.54, 1.807) is 10.5 Å². The number of nitrogens with zero attached hydrogens (tertiary/aromatic N) is 6. The molecule has 0 atom stereocenters. The zero-order valence-electron chi connectivity index (χ0n) is 16.8. The van der Waals surface area contributed by atoms with E-state index in [1.807, 2.05) is 48.7 Å². The molecular formula is C22H19N7O2. The molecule has 0 saturated heterocycles. The lowest BCUT2D eigenvalue weighted by atomic mass is 10.2. The summed E-state index contributed by atoms with van der Waals surface area (Å²) in [5.41, 5.74) is 2.40. The molecule has 9 heteroatoms. The van der Waals surface area contributed by atoms with E-state index in [-0.39, 0.29) is 12.5 Å². The number of hydrogen-bond donors (Lipinski definition) is 1. The molecule has 4 heterocycles. The van der Waals surface area contributed by atoms with Gasteiger partial charge in [0, 0.05) is 18.0 Å². The van der Waals surface area contributed by atoms with Gasteiger partial charge in [0.2, 0.25) is 0 Å². The van der Waals surface area contributed by atoms with Crippen molar-refractivity contribution in [1.82, 2.24) is 35.0 Å². The predicted molar refractivity (Wildman–Crippen MR) is 113 cm³/mol. The predicted octanol–water partition coefficient (Wildman–Crippen LogP) is 3.21. The minimum absolute atomic E-state index is 0.197. The molecule has 0 aliphatic carbocycles. The number of fused-ring (bicyclic) bond motifs is 2.